The van der Waals surface area contributed by atoms with E-state index < -0.39 is 0 Å². The van der Waals surface area contributed by atoms with Gasteiger partial charge in [0.25, 0.3) is 11.8 Å². The molecule has 6 heteroatoms. The van der Waals surface area contributed by atoms with Gasteiger partial charge in [-0.2, -0.15) is 0 Å². The van der Waals surface area contributed by atoms with Crippen molar-refractivity contribution in [2.75, 3.05) is 19.6 Å². The lowest BCUT2D eigenvalue weighted by Crippen LogP contribution is -2.41. The predicted octanol–water partition coefficient (Wildman–Crippen LogP) is 1.83. The second kappa shape index (κ2) is 4.74. The number of carbonyl (C=O) groups is 2. The minimum Gasteiger partial charge on any atom is -0.316 e. The summed E-state index contributed by atoms with van der Waals surface area (Å²) in [6.07, 6.45) is 0. The van der Waals surface area contributed by atoms with E-state index in [1.54, 1.807) is 23.5 Å². The highest BCUT2D eigenvalue weighted by molar-refractivity contribution is 7.09. The number of nitrogens with zero attached hydrogens (tertiary/aromatic N) is 2. The Hall–Kier alpha value is -2.05. The largest absolute Gasteiger partial charge is 0.316 e. The average Bonchev–Trinajstić information content (AvgIpc) is 3.05. The number of thiazole rings is 1. The van der Waals surface area contributed by atoms with E-state index in [1.165, 1.54) is 4.90 Å². The maximum Gasteiger partial charge on any atom is 0.261 e. The van der Waals surface area contributed by atoms with Crippen molar-refractivity contribution in [2.24, 2.45) is 11.8 Å². The molecule has 0 spiro atoms. The van der Waals surface area contributed by atoms with Crippen molar-refractivity contribution in [3.63, 3.8) is 0 Å². The van der Waals surface area contributed by atoms with Crippen molar-refractivity contribution in [3.8, 4) is 0 Å². The van der Waals surface area contributed by atoms with E-state index >= 15 is 0 Å². The minimum absolute atomic E-state index is 0.155. The lowest BCUT2D eigenvalue weighted by Gasteiger charge is -2.24. The van der Waals surface area contributed by atoms with Crippen molar-refractivity contribution in [1.82, 2.24) is 15.2 Å². The van der Waals surface area contributed by atoms with E-state index in [0.29, 0.717) is 29.5 Å². The van der Waals surface area contributed by atoms with E-state index in [0.717, 1.165) is 23.8 Å². The third kappa shape index (κ3) is 1.70. The molecule has 122 valence electrons. The van der Waals surface area contributed by atoms with Gasteiger partial charge < -0.3 is 5.32 Å². The fourth-order valence-corrected chi connectivity index (χ4v) is 5.60. The van der Waals surface area contributed by atoms with Gasteiger partial charge in [0.1, 0.15) is 5.01 Å². The molecule has 0 radical (unpaired) electrons. The van der Waals surface area contributed by atoms with Gasteiger partial charge in [-0.3, -0.25) is 14.5 Å². The Morgan fingerprint density at radius 3 is 2.38 bits per heavy atom. The number of carbonyl (C=O) groups excluding carboxylic acids is 2. The van der Waals surface area contributed by atoms with E-state index in [1.807, 2.05) is 19.1 Å². The number of amides is 2. The highest BCUT2D eigenvalue weighted by atomic mass is 32.1. The standard InChI is InChI=1S/C18H17N3O2S/c1-10-8-24-17(20-10)18(13-6-19-7-14(13)18)9-21-15(22)11-4-2-3-5-12(11)16(21)23/h2-5,8,13-14,19H,6-7,9H2,1H3. The van der Waals surface area contributed by atoms with Gasteiger partial charge in [-0.1, -0.05) is 12.1 Å². The van der Waals surface area contributed by atoms with Gasteiger partial charge >= 0.3 is 0 Å². The Balaban J connectivity index is 1.52. The average molecular weight is 339 g/mol. The lowest BCUT2D eigenvalue weighted by atomic mass is 10.00. The zero-order chi connectivity index (χ0) is 16.5. The van der Waals surface area contributed by atoms with Crippen molar-refractivity contribution in [1.29, 1.82) is 0 Å². The van der Waals surface area contributed by atoms with Gasteiger partial charge in [-0.05, 0) is 44.0 Å². The fraction of sp³-hybridized carbons (Fsp3) is 0.389. The maximum absolute atomic E-state index is 12.7. The molecule has 1 aliphatic carbocycles. The molecule has 1 aromatic carbocycles. The lowest BCUT2D eigenvalue weighted by molar-refractivity contribution is 0.0631. The van der Waals surface area contributed by atoms with Crippen molar-refractivity contribution in [2.45, 2.75) is 12.3 Å². The van der Waals surface area contributed by atoms with Gasteiger partial charge in [0.2, 0.25) is 0 Å². The second-order valence-corrected chi connectivity index (χ2v) is 7.81. The smallest absolute Gasteiger partial charge is 0.261 e. The predicted molar refractivity (Wildman–Crippen MR) is 90.2 cm³/mol. The summed E-state index contributed by atoms with van der Waals surface area (Å²) in [5, 5.41) is 6.54. The molecule has 1 aromatic heterocycles. The molecule has 2 aliphatic heterocycles. The molecular formula is C18H17N3O2S. The van der Waals surface area contributed by atoms with Gasteiger partial charge in [0.15, 0.2) is 0 Å². The molecule has 1 N–H and O–H groups in total. The number of fused-ring (bicyclic) bond motifs is 2. The minimum atomic E-state index is -0.166. The van der Waals surface area contributed by atoms with Crippen LogP contribution in [0.15, 0.2) is 29.6 Å². The first-order valence-electron chi connectivity index (χ1n) is 8.21. The normalized spacial score (nSPS) is 30.6. The molecule has 24 heavy (non-hydrogen) atoms. The van der Waals surface area contributed by atoms with E-state index in [2.05, 4.69) is 10.7 Å². The van der Waals surface area contributed by atoms with Crippen LogP contribution in [0, 0.1) is 18.8 Å². The summed E-state index contributed by atoms with van der Waals surface area (Å²) in [4.78, 5) is 31.6. The molecule has 2 atom stereocenters. The van der Waals surface area contributed by atoms with E-state index in [9.17, 15) is 9.59 Å². The van der Waals surface area contributed by atoms with Crippen molar-refractivity contribution >= 4 is 23.2 Å². The molecule has 2 unspecified atom stereocenters. The molecule has 5 nitrogen and oxygen atoms in total. The Morgan fingerprint density at radius 2 is 1.83 bits per heavy atom. The van der Waals surface area contributed by atoms with Crippen LogP contribution >= 0.6 is 11.3 Å². The van der Waals surface area contributed by atoms with E-state index in [-0.39, 0.29) is 17.2 Å². The molecule has 5 rings (SSSR count). The highest BCUT2D eigenvalue weighted by Gasteiger charge is 2.69. The summed E-state index contributed by atoms with van der Waals surface area (Å²) in [5.74, 6) is 0.599. The zero-order valence-corrected chi connectivity index (χ0v) is 14.1. The van der Waals surface area contributed by atoms with Gasteiger partial charge in [0, 0.05) is 23.0 Å². The third-order valence-electron chi connectivity index (χ3n) is 5.74. The number of benzene rings is 1. The number of nitrogens with one attached hydrogen (secondary N) is 1. The van der Waals surface area contributed by atoms with Crippen LogP contribution in [-0.4, -0.2) is 41.3 Å². The highest BCUT2D eigenvalue weighted by Crippen LogP contribution is 2.62. The van der Waals surface area contributed by atoms with Gasteiger partial charge in [-0.25, -0.2) is 4.98 Å². The van der Waals surface area contributed by atoms with Crippen LogP contribution in [0.25, 0.3) is 0 Å². The van der Waals surface area contributed by atoms with Crippen LogP contribution in [-0.2, 0) is 5.41 Å². The molecule has 2 fully saturated rings. The summed E-state index contributed by atoms with van der Waals surface area (Å²) < 4.78 is 0. The molecule has 2 aromatic rings. The van der Waals surface area contributed by atoms with Crippen LogP contribution in [0.5, 0.6) is 0 Å². The molecular weight excluding hydrogens is 322 g/mol. The number of hydrogen-bond donors (Lipinski definition) is 1. The first-order chi connectivity index (χ1) is 11.6. The summed E-state index contributed by atoms with van der Waals surface area (Å²) in [7, 11) is 0. The SMILES string of the molecule is Cc1csc(C2(CN3C(=O)c4ccccc4C3=O)C3CNCC32)n1. The monoisotopic (exact) mass is 339 g/mol. The van der Waals surface area contributed by atoms with Crippen molar-refractivity contribution < 1.29 is 9.59 Å². The summed E-state index contributed by atoms with van der Waals surface area (Å²) >= 11 is 1.66. The zero-order valence-electron chi connectivity index (χ0n) is 13.3. The Bertz CT molecular complexity index is 830. The van der Waals surface area contributed by atoms with Crippen LogP contribution in [0.4, 0.5) is 0 Å². The molecule has 1 saturated carbocycles. The number of imide groups is 1. The van der Waals surface area contributed by atoms with E-state index in [4.69, 9.17) is 4.98 Å². The van der Waals surface area contributed by atoms with Crippen LogP contribution in [0.1, 0.15) is 31.4 Å². The number of piperidine rings is 1. The number of hydrogen-bond acceptors (Lipinski definition) is 5. The van der Waals surface area contributed by atoms with Crippen LogP contribution in [0.2, 0.25) is 0 Å². The quantitative estimate of drug-likeness (QED) is 0.867. The number of aryl methyl sites for hydroxylation is 1. The van der Waals surface area contributed by atoms with Gasteiger partial charge in [0.05, 0.1) is 11.1 Å². The molecule has 3 aliphatic rings. The Morgan fingerprint density at radius 1 is 1.21 bits per heavy atom. The summed E-state index contributed by atoms with van der Waals surface area (Å²) in [5.41, 5.74) is 1.90. The molecule has 0 bridgehead atoms. The number of rotatable bonds is 3. The molecule has 2 amide bonds. The van der Waals surface area contributed by atoms with Crippen molar-refractivity contribution in [3.05, 3.63) is 51.5 Å². The Kier molecular flexibility index (Phi) is 2.82. The third-order valence-corrected chi connectivity index (χ3v) is 6.90. The summed E-state index contributed by atoms with van der Waals surface area (Å²) in [6.45, 7) is 4.31. The first kappa shape index (κ1) is 14.3. The fourth-order valence-electron chi connectivity index (χ4n) is 4.48. The second-order valence-electron chi connectivity index (χ2n) is 6.95. The van der Waals surface area contributed by atoms with Crippen LogP contribution in [0.3, 0.4) is 0 Å². The first-order valence-corrected chi connectivity index (χ1v) is 9.09. The maximum atomic E-state index is 12.7. The molecule has 1 saturated heterocycles. The summed E-state index contributed by atoms with van der Waals surface area (Å²) in [6, 6.07) is 7.10. The number of aromatic nitrogens is 1. The van der Waals surface area contributed by atoms with Gasteiger partial charge in [-0.15, -0.1) is 11.3 Å². The molecule has 3 heterocycles. The van der Waals surface area contributed by atoms with Crippen LogP contribution < -0.4 is 5.32 Å². The topological polar surface area (TPSA) is 62.3 Å². The Labute approximate surface area is 143 Å².